The third-order valence-corrected chi connectivity index (χ3v) is 9.58. The van der Waals surface area contributed by atoms with Crippen molar-refractivity contribution in [1.82, 2.24) is 10.6 Å². The molecule has 0 saturated carbocycles. The standard InChI is InChI=1S/C47H35N5/c1-5-16-33(17-6-1)41-31-42(49-44(48-41)35-18-7-2-8-19-35)40-30-29-32-15-13-14-24-39(32)43(40)34-25-27-38(28-26-34)47-51-45(36-20-9-3-10-21-36)50-46(52-47)37-22-11-4-12-23-37/h1-31,44,47,49H,(H,50,51,52). The highest BCUT2D eigenvalue weighted by Crippen LogP contribution is 2.38. The number of fused-ring (bicyclic) bond motifs is 1. The van der Waals surface area contributed by atoms with Gasteiger partial charge in [0, 0.05) is 22.4 Å². The summed E-state index contributed by atoms with van der Waals surface area (Å²) in [5.41, 5.74) is 10.6. The zero-order chi connectivity index (χ0) is 34.7. The molecule has 1 unspecified atom stereocenters. The molecule has 248 valence electrons. The molecule has 5 heteroatoms. The largest absolute Gasteiger partial charge is 0.359 e. The Kier molecular flexibility index (Phi) is 8.27. The lowest BCUT2D eigenvalue weighted by Gasteiger charge is -2.27. The molecular weight excluding hydrogens is 635 g/mol. The minimum atomic E-state index is -0.397. The van der Waals surface area contributed by atoms with Crippen LogP contribution in [0.1, 0.15) is 45.7 Å². The first-order chi connectivity index (χ1) is 25.8. The Bertz CT molecular complexity index is 2430. The van der Waals surface area contributed by atoms with Gasteiger partial charge >= 0.3 is 0 Å². The quantitative estimate of drug-likeness (QED) is 0.177. The molecule has 1 atom stereocenters. The van der Waals surface area contributed by atoms with Crippen molar-refractivity contribution >= 4 is 33.9 Å². The number of hydrogen-bond acceptors (Lipinski definition) is 5. The maximum atomic E-state index is 5.18. The van der Waals surface area contributed by atoms with Crippen molar-refractivity contribution in [3.8, 4) is 11.1 Å². The van der Waals surface area contributed by atoms with Gasteiger partial charge in [-0.15, -0.1) is 0 Å². The SMILES string of the molecule is C1=C(c2ccc3ccccc3c2-c2ccc(C3N=C(c4ccccc4)NC(c4ccccc4)=N3)cc2)NC(c2ccccc2)N=C1c1ccccc1. The van der Waals surface area contributed by atoms with Crippen molar-refractivity contribution in [1.29, 1.82) is 0 Å². The summed E-state index contributed by atoms with van der Waals surface area (Å²) in [6.45, 7) is 0. The van der Waals surface area contributed by atoms with Crippen LogP contribution in [0, 0.1) is 0 Å². The van der Waals surface area contributed by atoms with Crippen molar-refractivity contribution in [2.45, 2.75) is 12.3 Å². The number of nitrogens with one attached hydrogen (secondary N) is 2. The molecule has 2 aliphatic heterocycles. The van der Waals surface area contributed by atoms with Gasteiger partial charge in [0.2, 0.25) is 0 Å². The summed E-state index contributed by atoms with van der Waals surface area (Å²) in [4.78, 5) is 15.4. The van der Waals surface area contributed by atoms with Crippen LogP contribution >= 0.6 is 0 Å². The summed E-state index contributed by atoms with van der Waals surface area (Å²) in [6, 6.07) is 63.2. The monoisotopic (exact) mass is 669 g/mol. The van der Waals surface area contributed by atoms with Crippen molar-refractivity contribution < 1.29 is 0 Å². The van der Waals surface area contributed by atoms with Gasteiger partial charge in [-0.1, -0.05) is 182 Å². The highest BCUT2D eigenvalue weighted by atomic mass is 15.2. The average molecular weight is 670 g/mol. The highest BCUT2D eigenvalue weighted by molar-refractivity contribution is 6.16. The van der Waals surface area contributed by atoms with Crippen LogP contribution in [-0.2, 0) is 0 Å². The summed E-state index contributed by atoms with van der Waals surface area (Å²) in [5.74, 6) is 1.61. The number of rotatable bonds is 7. The summed E-state index contributed by atoms with van der Waals surface area (Å²) < 4.78 is 0. The minimum absolute atomic E-state index is 0.230. The third-order valence-electron chi connectivity index (χ3n) is 9.58. The summed E-state index contributed by atoms with van der Waals surface area (Å²) in [6.07, 6.45) is 1.56. The Hall–Kier alpha value is -6.85. The molecular formula is C47H35N5. The van der Waals surface area contributed by atoms with Crippen molar-refractivity contribution in [2.24, 2.45) is 15.0 Å². The van der Waals surface area contributed by atoms with E-state index in [9.17, 15) is 0 Å². The number of aliphatic imine (C=N–C) groups is 3. The molecule has 0 spiro atoms. The highest BCUT2D eigenvalue weighted by Gasteiger charge is 2.24. The van der Waals surface area contributed by atoms with E-state index in [4.69, 9.17) is 15.0 Å². The first kappa shape index (κ1) is 31.2. The normalized spacial score (nSPS) is 15.8. The first-order valence-electron chi connectivity index (χ1n) is 17.6. The van der Waals surface area contributed by atoms with E-state index in [-0.39, 0.29) is 6.17 Å². The lowest BCUT2D eigenvalue weighted by Crippen LogP contribution is -2.35. The minimum Gasteiger partial charge on any atom is -0.359 e. The van der Waals surface area contributed by atoms with E-state index < -0.39 is 6.17 Å². The fourth-order valence-corrected chi connectivity index (χ4v) is 6.96. The lowest BCUT2D eigenvalue weighted by molar-refractivity contribution is 0.664. The van der Waals surface area contributed by atoms with E-state index in [0.29, 0.717) is 0 Å². The smallest absolute Gasteiger partial charge is 0.169 e. The second-order valence-electron chi connectivity index (χ2n) is 12.9. The molecule has 0 fully saturated rings. The molecule has 9 rings (SSSR count). The third kappa shape index (κ3) is 6.21. The molecule has 7 aromatic rings. The fraction of sp³-hybridized carbons (Fsp3) is 0.0426. The summed E-state index contributed by atoms with van der Waals surface area (Å²) in [5, 5.41) is 9.66. The second-order valence-corrected chi connectivity index (χ2v) is 12.9. The first-order valence-corrected chi connectivity index (χ1v) is 17.6. The van der Waals surface area contributed by atoms with Crippen LogP contribution in [0.5, 0.6) is 0 Å². The molecule has 0 aliphatic carbocycles. The fourth-order valence-electron chi connectivity index (χ4n) is 6.96. The number of amidine groups is 2. The van der Waals surface area contributed by atoms with Crippen LogP contribution in [0.15, 0.2) is 203 Å². The van der Waals surface area contributed by atoms with Gasteiger partial charge in [-0.25, -0.2) is 9.98 Å². The van der Waals surface area contributed by atoms with E-state index in [1.165, 1.54) is 10.8 Å². The molecule has 0 bridgehead atoms. The summed E-state index contributed by atoms with van der Waals surface area (Å²) >= 11 is 0. The van der Waals surface area contributed by atoms with Crippen molar-refractivity contribution in [2.75, 3.05) is 0 Å². The molecule has 2 heterocycles. The Labute approximate surface area is 303 Å². The van der Waals surface area contributed by atoms with E-state index in [1.54, 1.807) is 0 Å². The molecule has 0 radical (unpaired) electrons. The zero-order valence-corrected chi connectivity index (χ0v) is 28.4. The number of allylic oxidation sites excluding steroid dienone is 1. The summed E-state index contributed by atoms with van der Waals surface area (Å²) in [7, 11) is 0. The van der Waals surface area contributed by atoms with Crippen molar-refractivity contribution in [3.05, 3.63) is 221 Å². The van der Waals surface area contributed by atoms with Crippen LogP contribution < -0.4 is 10.6 Å². The van der Waals surface area contributed by atoms with Gasteiger partial charge in [0.1, 0.15) is 17.8 Å². The molecule has 5 nitrogen and oxygen atoms in total. The molecule has 2 aliphatic rings. The van der Waals surface area contributed by atoms with Crippen LogP contribution in [-0.4, -0.2) is 17.4 Å². The number of nitrogens with zero attached hydrogens (tertiary/aromatic N) is 3. The van der Waals surface area contributed by atoms with Gasteiger partial charge in [0.25, 0.3) is 0 Å². The predicted molar refractivity (Wildman–Crippen MR) is 214 cm³/mol. The van der Waals surface area contributed by atoms with Crippen LogP contribution in [0.2, 0.25) is 0 Å². The van der Waals surface area contributed by atoms with Gasteiger partial charge in [0.15, 0.2) is 6.17 Å². The second kappa shape index (κ2) is 13.8. The van der Waals surface area contributed by atoms with Gasteiger partial charge in [-0.2, -0.15) is 0 Å². The molecule has 0 saturated heterocycles. The molecule has 7 aromatic carbocycles. The van der Waals surface area contributed by atoms with Gasteiger partial charge in [-0.05, 0) is 44.7 Å². The zero-order valence-electron chi connectivity index (χ0n) is 28.4. The maximum Gasteiger partial charge on any atom is 0.169 e. The van der Waals surface area contributed by atoms with E-state index in [0.717, 1.165) is 67.6 Å². The molecule has 0 amide bonds. The van der Waals surface area contributed by atoms with Crippen LogP contribution in [0.4, 0.5) is 0 Å². The van der Waals surface area contributed by atoms with Crippen LogP contribution in [0.25, 0.3) is 27.6 Å². The van der Waals surface area contributed by atoms with E-state index in [2.05, 4.69) is 150 Å². The number of benzene rings is 7. The van der Waals surface area contributed by atoms with Gasteiger partial charge in [-0.3, -0.25) is 4.99 Å². The van der Waals surface area contributed by atoms with Crippen LogP contribution in [0.3, 0.4) is 0 Å². The van der Waals surface area contributed by atoms with Crippen molar-refractivity contribution in [3.63, 3.8) is 0 Å². The topological polar surface area (TPSA) is 61.1 Å². The predicted octanol–water partition coefficient (Wildman–Crippen LogP) is 10.1. The molecule has 52 heavy (non-hydrogen) atoms. The van der Waals surface area contributed by atoms with E-state index in [1.807, 2.05) is 48.5 Å². The Morgan fingerprint density at radius 3 is 1.62 bits per heavy atom. The average Bonchev–Trinajstić information content (AvgIpc) is 3.24. The number of hydrogen-bond donors (Lipinski definition) is 2. The van der Waals surface area contributed by atoms with Gasteiger partial charge < -0.3 is 10.6 Å². The Morgan fingerprint density at radius 2 is 0.981 bits per heavy atom. The molecule has 0 aromatic heterocycles. The molecule has 2 N–H and O–H groups in total. The Morgan fingerprint density at radius 1 is 0.423 bits per heavy atom. The van der Waals surface area contributed by atoms with Gasteiger partial charge in [0.05, 0.1) is 5.71 Å². The maximum absolute atomic E-state index is 5.18. The van der Waals surface area contributed by atoms with E-state index >= 15 is 0 Å². The lowest BCUT2D eigenvalue weighted by atomic mass is 9.90. The Balaban J connectivity index is 1.14.